The van der Waals surface area contributed by atoms with Crippen molar-refractivity contribution in [2.45, 2.75) is 51.6 Å². The number of likely N-dealkylation sites (tertiary alicyclic amines) is 1. The van der Waals surface area contributed by atoms with Crippen LogP contribution in [-0.2, 0) is 9.53 Å². The molecule has 0 radical (unpaired) electrons. The zero-order chi connectivity index (χ0) is 11.6. The van der Waals surface area contributed by atoms with E-state index in [2.05, 4.69) is 18.9 Å². The lowest BCUT2D eigenvalue weighted by Crippen LogP contribution is -2.42. The number of hydrogen-bond donors (Lipinski definition) is 0. The number of esters is 1. The van der Waals surface area contributed by atoms with Crippen molar-refractivity contribution in [2.75, 3.05) is 20.1 Å². The molecular weight excluding hydrogens is 202 g/mol. The van der Waals surface area contributed by atoms with Crippen LogP contribution < -0.4 is 0 Å². The van der Waals surface area contributed by atoms with Crippen molar-refractivity contribution >= 4 is 5.97 Å². The third kappa shape index (κ3) is 2.57. The minimum absolute atomic E-state index is 0.0486. The maximum atomic E-state index is 12.1. The molecule has 0 unspecified atom stereocenters. The number of ether oxygens (including phenoxy) is 1. The topological polar surface area (TPSA) is 29.5 Å². The van der Waals surface area contributed by atoms with Gasteiger partial charge >= 0.3 is 5.97 Å². The van der Waals surface area contributed by atoms with Crippen LogP contribution in [0.4, 0.5) is 0 Å². The van der Waals surface area contributed by atoms with Crippen molar-refractivity contribution in [3.63, 3.8) is 0 Å². The van der Waals surface area contributed by atoms with Crippen molar-refractivity contribution < 1.29 is 9.53 Å². The molecule has 0 N–H and O–H groups in total. The maximum Gasteiger partial charge on any atom is 0.312 e. The molecule has 0 spiro atoms. The Morgan fingerprint density at radius 1 is 1.25 bits per heavy atom. The van der Waals surface area contributed by atoms with Crippen molar-refractivity contribution in [2.24, 2.45) is 5.41 Å². The number of rotatable bonds is 2. The van der Waals surface area contributed by atoms with E-state index in [0.29, 0.717) is 0 Å². The summed E-state index contributed by atoms with van der Waals surface area (Å²) in [5.74, 6) is 0.0486. The van der Waals surface area contributed by atoms with Crippen LogP contribution in [0.1, 0.15) is 45.4 Å². The summed E-state index contributed by atoms with van der Waals surface area (Å²) in [6.07, 6.45) is 6.67. The van der Waals surface area contributed by atoms with Crippen LogP contribution in [0, 0.1) is 5.41 Å². The van der Waals surface area contributed by atoms with Gasteiger partial charge in [0.25, 0.3) is 0 Å². The number of piperidine rings is 1. The standard InChI is InChI=1S/C13H23NO2/c1-13(7-9-14(2)10-8-13)12(15)16-11-5-3-4-6-11/h11H,3-10H2,1-2H3. The Morgan fingerprint density at radius 2 is 1.81 bits per heavy atom. The molecule has 2 aliphatic rings. The second kappa shape index (κ2) is 4.74. The fraction of sp³-hybridized carbons (Fsp3) is 0.923. The first kappa shape index (κ1) is 11.9. The molecule has 1 aliphatic heterocycles. The predicted octanol–water partition coefficient (Wildman–Crippen LogP) is 2.20. The molecule has 1 saturated heterocycles. The third-order valence-corrected chi connectivity index (χ3v) is 4.16. The van der Waals surface area contributed by atoms with Gasteiger partial charge in [-0.25, -0.2) is 0 Å². The fourth-order valence-electron chi connectivity index (χ4n) is 2.62. The van der Waals surface area contributed by atoms with Crippen molar-refractivity contribution in [1.29, 1.82) is 0 Å². The van der Waals surface area contributed by atoms with Crippen LogP contribution in [0.3, 0.4) is 0 Å². The zero-order valence-corrected chi connectivity index (χ0v) is 10.5. The quantitative estimate of drug-likeness (QED) is 0.675. The Morgan fingerprint density at radius 3 is 2.38 bits per heavy atom. The number of hydrogen-bond acceptors (Lipinski definition) is 3. The summed E-state index contributed by atoms with van der Waals surface area (Å²) in [5, 5.41) is 0. The normalized spacial score (nSPS) is 26.9. The molecule has 0 aromatic carbocycles. The van der Waals surface area contributed by atoms with Gasteiger partial charge < -0.3 is 9.64 Å². The van der Waals surface area contributed by atoms with Crippen LogP contribution in [0.25, 0.3) is 0 Å². The molecule has 1 saturated carbocycles. The van der Waals surface area contributed by atoms with Gasteiger partial charge in [-0.2, -0.15) is 0 Å². The van der Waals surface area contributed by atoms with E-state index in [1.807, 2.05) is 0 Å². The highest BCUT2D eigenvalue weighted by Gasteiger charge is 2.38. The van der Waals surface area contributed by atoms with Gasteiger partial charge in [-0.1, -0.05) is 0 Å². The average Bonchev–Trinajstić information content (AvgIpc) is 2.75. The molecule has 16 heavy (non-hydrogen) atoms. The van der Waals surface area contributed by atoms with Gasteiger partial charge in [0.2, 0.25) is 0 Å². The highest BCUT2D eigenvalue weighted by molar-refractivity contribution is 5.76. The molecule has 0 aromatic heterocycles. The van der Waals surface area contributed by atoms with E-state index in [-0.39, 0.29) is 17.5 Å². The summed E-state index contributed by atoms with van der Waals surface area (Å²) < 4.78 is 5.63. The Labute approximate surface area is 98.1 Å². The first-order valence-corrected chi connectivity index (χ1v) is 6.50. The van der Waals surface area contributed by atoms with E-state index >= 15 is 0 Å². The molecular formula is C13H23NO2. The fourth-order valence-corrected chi connectivity index (χ4v) is 2.62. The Balaban J connectivity index is 1.87. The van der Waals surface area contributed by atoms with Gasteiger partial charge in [0.05, 0.1) is 5.41 Å². The van der Waals surface area contributed by atoms with Gasteiger partial charge in [0, 0.05) is 0 Å². The van der Waals surface area contributed by atoms with Crippen molar-refractivity contribution in [3.05, 3.63) is 0 Å². The lowest BCUT2D eigenvalue weighted by molar-refractivity contribution is -0.163. The molecule has 0 bridgehead atoms. The lowest BCUT2D eigenvalue weighted by atomic mass is 9.80. The van der Waals surface area contributed by atoms with E-state index in [9.17, 15) is 4.79 Å². The van der Waals surface area contributed by atoms with E-state index in [4.69, 9.17) is 4.74 Å². The molecule has 2 rings (SSSR count). The van der Waals surface area contributed by atoms with Gasteiger partial charge in [0.1, 0.15) is 6.10 Å². The monoisotopic (exact) mass is 225 g/mol. The summed E-state index contributed by atoms with van der Waals surface area (Å²) in [7, 11) is 2.11. The van der Waals surface area contributed by atoms with E-state index in [1.165, 1.54) is 12.8 Å². The third-order valence-electron chi connectivity index (χ3n) is 4.16. The highest BCUT2D eigenvalue weighted by Crippen LogP contribution is 2.33. The first-order valence-electron chi connectivity index (χ1n) is 6.50. The zero-order valence-electron chi connectivity index (χ0n) is 10.5. The number of carbonyl (C=O) groups is 1. The summed E-state index contributed by atoms with van der Waals surface area (Å²) in [4.78, 5) is 14.4. The highest BCUT2D eigenvalue weighted by atomic mass is 16.5. The predicted molar refractivity (Wildman–Crippen MR) is 63.2 cm³/mol. The molecule has 0 aromatic rings. The van der Waals surface area contributed by atoms with E-state index in [1.54, 1.807) is 0 Å². The second-order valence-electron chi connectivity index (χ2n) is 5.68. The van der Waals surface area contributed by atoms with Gasteiger partial charge in [-0.15, -0.1) is 0 Å². The van der Waals surface area contributed by atoms with E-state index in [0.717, 1.165) is 38.8 Å². The van der Waals surface area contributed by atoms with Crippen molar-refractivity contribution in [1.82, 2.24) is 4.90 Å². The molecule has 0 amide bonds. The summed E-state index contributed by atoms with van der Waals surface area (Å²) >= 11 is 0. The summed E-state index contributed by atoms with van der Waals surface area (Å²) in [6, 6.07) is 0. The van der Waals surface area contributed by atoms with Crippen LogP contribution in [0.2, 0.25) is 0 Å². The summed E-state index contributed by atoms with van der Waals surface area (Å²) in [6.45, 7) is 4.09. The number of nitrogens with zero attached hydrogens (tertiary/aromatic N) is 1. The minimum atomic E-state index is -0.227. The van der Waals surface area contributed by atoms with Gasteiger partial charge in [-0.3, -0.25) is 4.79 Å². The molecule has 1 heterocycles. The van der Waals surface area contributed by atoms with E-state index < -0.39 is 0 Å². The molecule has 3 nitrogen and oxygen atoms in total. The lowest BCUT2D eigenvalue weighted by Gasteiger charge is -2.36. The van der Waals surface area contributed by atoms with Crippen molar-refractivity contribution in [3.8, 4) is 0 Å². The molecule has 92 valence electrons. The SMILES string of the molecule is CN1CCC(C)(C(=O)OC2CCCC2)CC1. The average molecular weight is 225 g/mol. The van der Waals surface area contributed by atoms with Crippen LogP contribution in [-0.4, -0.2) is 37.1 Å². The van der Waals surface area contributed by atoms with Crippen LogP contribution >= 0.6 is 0 Å². The number of carbonyl (C=O) groups excluding carboxylic acids is 1. The Hall–Kier alpha value is -0.570. The Bertz CT molecular complexity index is 251. The molecule has 2 fully saturated rings. The Kier molecular flexibility index (Phi) is 3.53. The molecule has 0 atom stereocenters. The molecule has 3 heteroatoms. The van der Waals surface area contributed by atoms with Crippen LogP contribution in [0.15, 0.2) is 0 Å². The second-order valence-corrected chi connectivity index (χ2v) is 5.68. The maximum absolute atomic E-state index is 12.1. The van der Waals surface area contributed by atoms with Gasteiger partial charge in [0.15, 0.2) is 0 Å². The van der Waals surface area contributed by atoms with Gasteiger partial charge in [-0.05, 0) is 65.6 Å². The largest absolute Gasteiger partial charge is 0.462 e. The van der Waals surface area contributed by atoms with Crippen LogP contribution in [0.5, 0.6) is 0 Å². The summed E-state index contributed by atoms with van der Waals surface area (Å²) in [5.41, 5.74) is -0.227. The minimum Gasteiger partial charge on any atom is -0.462 e. The molecule has 1 aliphatic carbocycles. The smallest absolute Gasteiger partial charge is 0.312 e. The first-order chi connectivity index (χ1) is 7.60.